The number of rotatable bonds is 9. The minimum atomic E-state index is -0.361. The number of hydroxylamine groups is 1. The van der Waals surface area contributed by atoms with Crippen LogP contribution in [-0.4, -0.2) is 25.4 Å². The largest absolute Gasteiger partial charge is 0.497 e. The average Bonchev–Trinajstić information content (AvgIpc) is 2.82. The van der Waals surface area contributed by atoms with Crippen LogP contribution in [0.2, 0.25) is 0 Å². The zero-order valence-electron chi connectivity index (χ0n) is 17.0. The molecule has 0 saturated carbocycles. The molecule has 0 atom stereocenters. The van der Waals surface area contributed by atoms with Crippen LogP contribution in [0.1, 0.15) is 22.3 Å². The summed E-state index contributed by atoms with van der Waals surface area (Å²) >= 11 is 3.39. The van der Waals surface area contributed by atoms with Gasteiger partial charge >= 0.3 is 0 Å². The van der Waals surface area contributed by atoms with Crippen LogP contribution in [0.15, 0.2) is 89.4 Å². The fraction of sp³-hybridized carbons (Fsp3) is 0.120. The monoisotopic (exact) mass is 479 g/mol. The molecule has 3 rings (SSSR count). The normalized spacial score (nSPS) is 10.8. The van der Waals surface area contributed by atoms with E-state index in [2.05, 4.69) is 15.9 Å². The lowest BCUT2D eigenvalue weighted by Crippen LogP contribution is -2.30. The average molecular weight is 480 g/mol. The summed E-state index contributed by atoms with van der Waals surface area (Å²) < 4.78 is 6.14. The van der Waals surface area contributed by atoms with E-state index in [0.717, 1.165) is 10.0 Å². The van der Waals surface area contributed by atoms with Crippen molar-refractivity contribution in [2.75, 3.05) is 18.8 Å². The van der Waals surface area contributed by atoms with Crippen molar-refractivity contribution in [3.8, 4) is 5.75 Å². The maximum absolute atomic E-state index is 12.9. The van der Waals surface area contributed by atoms with Crippen molar-refractivity contribution in [2.45, 2.75) is 6.42 Å². The molecule has 5 nitrogen and oxygen atoms in total. The Labute approximate surface area is 190 Å². The number of anilines is 1. The summed E-state index contributed by atoms with van der Waals surface area (Å²) in [4.78, 5) is 30.9. The third-order valence-electron chi connectivity index (χ3n) is 4.44. The van der Waals surface area contributed by atoms with Crippen LogP contribution in [0.5, 0.6) is 5.75 Å². The maximum Gasteiger partial charge on any atom is 0.274 e. The molecule has 0 aromatic heterocycles. The molecule has 0 aliphatic carbocycles. The molecule has 0 aliphatic heterocycles. The number of Topliss-reactive ketones (excluding diaryl/α,β-unsaturated/α-hetero) is 1. The summed E-state index contributed by atoms with van der Waals surface area (Å²) in [5, 5.41) is 1.19. The van der Waals surface area contributed by atoms with Crippen molar-refractivity contribution in [1.29, 1.82) is 0 Å². The molecule has 3 aromatic carbocycles. The molecule has 0 aliphatic rings. The second-order valence-electron chi connectivity index (χ2n) is 6.59. The van der Waals surface area contributed by atoms with Crippen molar-refractivity contribution < 1.29 is 19.2 Å². The van der Waals surface area contributed by atoms with Gasteiger partial charge in [0.05, 0.1) is 19.4 Å². The SMILES string of the molecule is COc1ccc(N(OCCC(=O)c2ccccc2)C(=O)/C=C/c2ccc(Br)cc2)cc1. The Kier molecular flexibility index (Phi) is 8.15. The van der Waals surface area contributed by atoms with Crippen molar-refractivity contribution in [3.05, 3.63) is 101 Å². The fourth-order valence-corrected chi connectivity index (χ4v) is 3.05. The van der Waals surface area contributed by atoms with E-state index in [-0.39, 0.29) is 24.7 Å². The van der Waals surface area contributed by atoms with Crippen LogP contribution >= 0.6 is 15.9 Å². The zero-order chi connectivity index (χ0) is 22.1. The van der Waals surface area contributed by atoms with Gasteiger partial charge in [-0.25, -0.2) is 0 Å². The Hall–Kier alpha value is -3.22. The van der Waals surface area contributed by atoms with E-state index in [4.69, 9.17) is 9.57 Å². The number of methoxy groups -OCH3 is 1. The van der Waals surface area contributed by atoms with E-state index >= 15 is 0 Å². The van der Waals surface area contributed by atoms with Gasteiger partial charge in [-0.1, -0.05) is 58.4 Å². The summed E-state index contributed by atoms with van der Waals surface area (Å²) in [5.41, 5.74) is 2.03. The number of carbonyl (C=O) groups excluding carboxylic acids is 2. The molecule has 0 bridgehead atoms. The van der Waals surface area contributed by atoms with Gasteiger partial charge in [0.25, 0.3) is 5.91 Å². The third kappa shape index (κ3) is 6.64. The van der Waals surface area contributed by atoms with Crippen LogP contribution in [-0.2, 0) is 9.63 Å². The molecule has 6 heteroatoms. The number of carbonyl (C=O) groups is 2. The van der Waals surface area contributed by atoms with Gasteiger partial charge in [-0.15, -0.1) is 0 Å². The van der Waals surface area contributed by atoms with Gasteiger partial charge in [-0.3, -0.25) is 14.4 Å². The molecule has 0 fully saturated rings. The van der Waals surface area contributed by atoms with Gasteiger partial charge < -0.3 is 4.74 Å². The summed E-state index contributed by atoms with van der Waals surface area (Å²) in [6, 6.07) is 23.5. The smallest absolute Gasteiger partial charge is 0.274 e. The Morgan fingerprint density at radius 2 is 1.61 bits per heavy atom. The first-order valence-electron chi connectivity index (χ1n) is 9.70. The van der Waals surface area contributed by atoms with E-state index < -0.39 is 0 Å². The highest BCUT2D eigenvalue weighted by atomic mass is 79.9. The first kappa shape index (κ1) is 22.5. The number of ether oxygens (including phenoxy) is 1. The van der Waals surface area contributed by atoms with Gasteiger partial charge in [0.1, 0.15) is 5.75 Å². The Bertz CT molecular complexity index is 1030. The van der Waals surface area contributed by atoms with Crippen LogP contribution in [0.4, 0.5) is 5.69 Å². The highest BCUT2D eigenvalue weighted by Gasteiger charge is 2.16. The molecule has 0 radical (unpaired) electrons. The molecule has 158 valence electrons. The van der Waals surface area contributed by atoms with Crippen LogP contribution < -0.4 is 9.80 Å². The minimum Gasteiger partial charge on any atom is -0.497 e. The molecule has 0 saturated heterocycles. The van der Waals surface area contributed by atoms with Crippen LogP contribution in [0.25, 0.3) is 6.08 Å². The third-order valence-corrected chi connectivity index (χ3v) is 4.97. The van der Waals surface area contributed by atoms with E-state index in [1.165, 1.54) is 11.1 Å². The maximum atomic E-state index is 12.9. The summed E-state index contributed by atoms with van der Waals surface area (Å²) in [7, 11) is 1.57. The zero-order valence-corrected chi connectivity index (χ0v) is 18.6. The van der Waals surface area contributed by atoms with Crippen LogP contribution in [0, 0.1) is 0 Å². The number of halogens is 1. The highest BCUT2D eigenvalue weighted by molar-refractivity contribution is 9.10. The Morgan fingerprint density at radius 1 is 0.935 bits per heavy atom. The van der Waals surface area contributed by atoms with Crippen molar-refractivity contribution in [1.82, 2.24) is 0 Å². The quantitative estimate of drug-likeness (QED) is 0.224. The highest BCUT2D eigenvalue weighted by Crippen LogP contribution is 2.21. The lowest BCUT2D eigenvalue weighted by atomic mass is 10.1. The summed E-state index contributed by atoms with van der Waals surface area (Å²) in [6.45, 7) is 0.0671. The second kappa shape index (κ2) is 11.2. The van der Waals surface area contributed by atoms with Gasteiger partial charge in [-0.2, -0.15) is 5.06 Å². The van der Waals surface area contributed by atoms with E-state index in [1.807, 2.05) is 42.5 Å². The first-order valence-corrected chi connectivity index (χ1v) is 10.5. The van der Waals surface area contributed by atoms with Gasteiger partial charge in [0, 0.05) is 22.5 Å². The lowest BCUT2D eigenvalue weighted by Gasteiger charge is -2.20. The number of ketones is 1. The molecular formula is C25H22BrNO4. The fourth-order valence-electron chi connectivity index (χ4n) is 2.79. The molecule has 0 spiro atoms. The Balaban J connectivity index is 1.71. The number of nitrogens with zero attached hydrogens (tertiary/aromatic N) is 1. The van der Waals surface area contributed by atoms with Crippen molar-refractivity contribution in [3.63, 3.8) is 0 Å². The number of amides is 1. The summed E-state index contributed by atoms with van der Waals surface area (Å²) in [5.74, 6) is 0.259. The molecule has 0 heterocycles. The van der Waals surface area contributed by atoms with Crippen LogP contribution in [0.3, 0.4) is 0 Å². The first-order chi connectivity index (χ1) is 15.1. The minimum absolute atomic E-state index is 0.0480. The lowest BCUT2D eigenvalue weighted by molar-refractivity contribution is -0.121. The predicted molar refractivity (Wildman–Crippen MR) is 125 cm³/mol. The predicted octanol–water partition coefficient (Wildman–Crippen LogP) is 5.71. The summed E-state index contributed by atoms with van der Waals surface area (Å²) in [6.07, 6.45) is 3.30. The van der Waals surface area contributed by atoms with Gasteiger partial charge in [0.15, 0.2) is 5.78 Å². The molecule has 31 heavy (non-hydrogen) atoms. The van der Waals surface area contributed by atoms with Crippen molar-refractivity contribution >= 4 is 39.4 Å². The van der Waals surface area contributed by atoms with Crippen molar-refractivity contribution in [2.24, 2.45) is 0 Å². The molecule has 0 N–H and O–H groups in total. The number of benzene rings is 3. The number of hydrogen-bond donors (Lipinski definition) is 0. The molecule has 3 aromatic rings. The number of hydrogen-bond acceptors (Lipinski definition) is 4. The second-order valence-corrected chi connectivity index (χ2v) is 7.50. The van der Waals surface area contributed by atoms with Gasteiger partial charge in [-0.05, 0) is 48.0 Å². The topological polar surface area (TPSA) is 55.8 Å². The van der Waals surface area contributed by atoms with E-state index in [0.29, 0.717) is 17.0 Å². The van der Waals surface area contributed by atoms with Gasteiger partial charge in [0.2, 0.25) is 0 Å². The molecule has 0 unspecified atom stereocenters. The Morgan fingerprint density at radius 3 is 2.26 bits per heavy atom. The van der Waals surface area contributed by atoms with E-state index in [9.17, 15) is 9.59 Å². The molecular weight excluding hydrogens is 458 g/mol. The standard InChI is InChI=1S/C25H22BrNO4/c1-30-23-14-12-22(13-15-23)27(25(29)16-9-19-7-10-21(26)11-8-19)31-18-17-24(28)20-5-3-2-4-6-20/h2-16H,17-18H2,1H3/b16-9+. The molecule has 1 amide bonds. The van der Waals surface area contributed by atoms with E-state index in [1.54, 1.807) is 49.6 Å².